The molecule has 0 aliphatic carbocycles. The lowest BCUT2D eigenvalue weighted by Crippen LogP contribution is -2.52. The molecule has 0 fully saturated rings. The zero-order chi connectivity index (χ0) is 32.6. The van der Waals surface area contributed by atoms with E-state index in [1.165, 1.54) is 37.3 Å². The SMILES string of the molecule is CC[C@H](C(=O)NCC(C)C)N(Cc1cccc(C)c1)C(=O)CN(c1cc(C)cc(C)c1)S(=O)(=O)c1ccc(OC)c(OC)c1. The molecule has 0 aliphatic rings. The summed E-state index contributed by atoms with van der Waals surface area (Å²) in [6.45, 7) is 11.6. The van der Waals surface area contributed by atoms with Crippen LogP contribution in [0, 0.1) is 26.7 Å². The summed E-state index contributed by atoms with van der Waals surface area (Å²) in [5.74, 6) is 0.0745. The predicted octanol–water partition coefficient (Wildman–Crippen LogP) is 5.40. The Morgan fingerprint density at radius 2 is 1.52 bits per heavy atom. The van der Waals surface area contributed by atoms with Crippen LogP contribution in [0.25, 0.3) is 0 Å². The van der Waals surface area contributed by atoms with Crippen LogP contribution < -0.4 is 19.1 Å². The summed E-state index contributed by atoms with van der Waals surface area (Å²) in [5.41, 5.74) is 3.89. The van der Waals surface area contributed by atoms with Crippen molar-refractivity contribution in [1.29, 1.82) is 0 Å². The van der Waals surface area contributed by atoms with Crippen LogP contribution in [0.2, 0.25) is 0 Å². The third-order valence-electron chi connectivity index (χ3n) is 7.22. The largest absolute Gasteiger partial charge is 0.493 e. The highest BCUT2D eigenvalue weighted by molar-refractivity contribution is 7.92. The molecule has 1 N–H and O–H groups in total. The van der Waals surface area contributed by atoms with Crippen LogP contribution in [0.4, 0.5) is 5.69 Å². The quantitative estimate of drug-likeness (QED) is 0.258. The molecule has 0 heterocycles. The maximum absolute atomic E-state index is 14.3. The van der Waals surface area contributed by atoms with E-state index >= 15 is 0 Å². The molecule has 0 saturated carbocycles. The Morgan fingerprint density at radius 1 is 0.864 bits per heavy atom. The minimum Gasteiger partial charge on any atom is -0.493 e. The van der Waals surface area contributed by atoms with Crippen molar-refractivity contribution >= 4 is 27.5 Å². The van der Waals surface area contributed by atoms with Gasteiger partial charge in [-0.15, -0.1) is 0 Å². The van der Waals surface area contributed by atoms with Gasteiger partial charge in [0.15, 0.2) is 11.5 Å². The summed E-state index contributed by atoms with van der Waals surface area (Å²) in [7, 11) is -1.38. The van der Waals surface area contributed by atoms with Gasteiger partial charge in [-0.3, -0.25) is 13.9 Å². The minimum absolute atomic E-state index is 0.0611. The van der Waals surface area contributed by atoms with Gasteiger partial charge in [0.05, 0.1) is 24.8 Å². The summed E-state index contributed by atoms with van der Waals surface area (Å²) in [4.78, 5) is 29.2. The fourth-order valence-electron chi connectivity index (χ4n) is 5.08. The number of aryl methyl sites for hydroxylation is 3. The maximum Gasteiger partial charge on any atom is 0.264 e. The molecule has 9 nitrogen and oxygen atoms in total. The van der Waals surface area contributed by atoms with E-state index in [1.54, 1.807) is 12.1 Å². The van der Waals surface area contributed by atoms with Gasteiger partial charge in [-0.1, -0.05) is 56.7 Å². The molecule has 0 bridgehead atoms. The van der Waals surface area contributed by atoms with E-state index in [0.717, 1.165) is 26.6 Å². The molecular formula is C34H45N3O6S. The summed E-state index contributed by atoms with van der Waals surface area (Å²) >= 11 is 0. The highest BCUT2D eigenvalue weighted by atomic mass is 32.2. The van der Waals surface area contributed by atoms with E-state index in [2.05, 4.69) is 5.32 Å². The first-order valence-corrected chi connectivity index (χ1v) is 16.2. The number of benzene rings is 3. The van der Waals surface area contributed by atoms with Crippen molar-refractivity contribution in [1.82, 2.24) is 10.2 Å². The van der Waals surface area contributed by atoms with E-state index in [0.29, 0.717) is 24.4 Å². The molecule has 0 unspecified atom stereocenters. The highest BCUT2D eigenvalue weighted by Gasteiger charge is 2.34. The fourth-order valence-corrected chi connectivity index (χ4v) is 6.49. The molecule has 0 aromatic heterocycles. The van der Waals surface area contributed by atoms with Crippen LogP contribution in [0.1, 0.15) is 49.4 Å². The summed E-state index contributed by atoms with van der Waals surface area (Å²) in [6, 6.07) is 16.6. The summed E-state index contributed by atoms with van der Waals surface area (Å²) in [5, 5.41) is 2.95. The van der Waals surface area contributed by atoms with E-state index in [-0.39, 0.29) is 29.0 Å². The zero-order valence-electron chi connectivity index (χ0n) is 27.0. The third kappa shape index (κ3) is 8.53. The summed E-state index contributed by atoms with van der Waals surface area (Å²) < 4.78 is 40.4. The Hall–Kier alpha value is -4.05. The first kappa shape index (κ1) is 34.4. The number of carbonyl (C=O) groups excluding carboxylic acids is 2. The minimum atomic E-state index is -4.28. The number of hydrogen-bond acceptors (Lipinski definition) is 6. The first-order chi connectivity index (χ1) is 20.8. The molecule has 44 heavy (non-hydrogen) atoms. The Balaban J connectivity index is 2.13. The molecule has 0 saturated heterocycles. The lowest BCUT2D eigenvalue weighted by Gasteiger charge is -2.33. The van der Waals surface area contributed by atoms with Gasteiger partial charge in [-0.25, -0.2) is 8.42 Å². The molecule has 1 atom stereocenters. The van der Waals surface area contributed by atoms with Gasteiger partial charge in [-0.2, -0.15) is 0 Å². The highest BCUT2D eigenvalue weighted by Crippen LogP contribution is 2.33. The molecule has 238 valence electrons. The number of carbonyl (C=O) groups is 2. The van der Waals surface area contributed by atoms with Crippen LogP contribution in [0.5, 0.6) is 11.5 Å². The molecular weight excluding hydrogens is 578 g/mol. The number of anilines is 1. The van der Waals surface area contributed by atoms with Crippen molar-refractivity contribution in [2.24, 2.45) is 5.92 Å². The van der Waals surface area contributed by atoms with Crippen molar-refractivity contribution in [3.63, 3.8) is 0 Å². The lowest BCUT2D eigenvalue weighted by molar-refractivity contribution is -0.140. The molecule has 0 spiro atoms. The van der Waals surface area contributed by atoms with Crippen LogP contribution in [-0.4, -0.2) is 58.5 Å². The van der Waals surface area contributed by atoms with Gasteiger partial charge in [-0.05, 0) is 74.1 Å². The monoisotopic (exact) mass is 623 g/mol. The summed E-state index contributed by atoms with van der Waals surface area (Å²) in [6.07, 6.45) is 0.355. The van der Waals surface area contributed by atoms with E-state index < -0.39 is 28.5 Å². The maximum atomic E-state index is 14.3. The van der Waals surface area contributed by atoms with Crippen LogP contribution in [0.3, 0.4) is 0 Å². The Morgan fingerprint density at radius 3 is 2.09 bits per heavy atom. The van der Waals surface area contributed by atoms with Crippen molar-refractivity contribution in [3.05, 3.63) is 82.9 Å². The second-order valence-corrected chi connectivity index (χ2v) is 13.3. The van der Waals surface area contributed by atoms with Crippen molar-refractivity contribution in [2.45, 2.75) is 65.4 Å². The van der Waals surface area contributed by atoms with Crippen molar-refractivity contribution in [3.8, 4) is 11.5 Å². The first-order valence-electron chi connectivity index (χ1n) is 14.8. The average molecular weight is 624 g/mol. The van der Waals surface area contributed by atoms with Gasteiger partial charge >= 0.3 is 0 Å². The molecule has 3 aromatic rings. The van der Waals surface area contributed by atoms with Crippen LogP contribution in [-0.2, 0) is 26.2 Å². The predicted molar refractivity (Wildman–Crippen MR) is 174 cm³/mol. The lowest BCUT2D eigenvalue weighted by atomic mass is 10.1. The number of nitrogens with zero attached hydrogens (tertiary/aromatic N) is 2. The van der Waals surface area contributed by atoms with E-state index in [4.69, 9.17) is 9.47 Å². The standard InChI is InChI=1S/C34H45N3O6S/c1-9-30(34(39)35-20-23(2)3)36(21-27-12-10-11-24(4)16-27)33(38)22-37(28-17-25(5)15-26(6)18-28)44(40,41)29-13-14-31(42-7)32(19-29)43-8/h10-19,23,30H,9,20-22H2,1-8H3,(H,35,39)/t30-/m1/s1. The molecule has 0 aliphatic heterocycles. The van der Waals surface area contributed by atoms with Gasteiger partial charge in [0, 0.05) is 19.2 Å². The third-order valence-corrected chi connectivity index (χ3v) is 8.99. The van der Waals surface area contributed by atoms with Gasteiger partial charge in [0.2, 0.25) is 11.8 Å². The van der Waals surface area contributed by atoms with Crippen LogP contribution in [0.15, 0.2) is 65.6 Å². The van der Waals surface area contributed by atoms with E-state index in [9.17, 15) is 18.0 Å². The topological polar surface area (TPSA) is 105 Å². The number of methoxy groups -OCH3 is 2. The Labute approximate surface area is 262 Å². The molecule has 0 radical (unpaired) electrons. The zero-order valence-corrected chi connectivity index (χ0v) is 27.8. The number of rotatable bonds is 14. The molecule has 10 heteroatoms. The second kappa shape index (κ2) is 15.1. The van der Waals surface area contributed by atoms with E-state index in [1.807, 2.05) is 71.9 Å². The van der Waals surface area contributed by atoms with Gasteiger partial charge in [0.1, 0.15) is 12.6 Å². The van der Waals surface area contributed by atoms with Crippen molar-refractivity contribution in [2.75, 3.05) is 31.6 Å². The smallest absolute Gasteiger partial charge is 0.264 e. The molecule has 3 rings (SSSR count). The number of sulfonamides is 1. The molecule has 2 amide bonds. The second-order valence-electron chi connectivity index (χ2n) is 11.4. The van der Waals surface area contributed by atoms with Crippen LogP contribution >= 0.6 is 0 Å². The Bertz CT molecular complexity index is 1550. The van der Waals surface area contributed by atoms with Gasteiger partial charge < -0.3 is 19.7 Å². The fraction of sp³-hybridized carbons (Fsp3) is 0.412. The number of nitrogens with one attached hydrogen (secondary N) is 1. The van der Waals surface area contributed by atoms with Crippen molar-refractivity contribution < 1.29 is 27.5 Å². The molecule has 3 aromatic carbocycles. The number of amides is 2. The Kier molecular flexibility index (Phi) is 11.8. The average Bonchev–Trinajstić information content (AvgIpc) is 2.97. The number of ether oxygens (including phenoxy) is 2. The normalized spacial score (nSPS) is 12.0. The van der Waals surface area contributed by atoms with Gasteiger partial charge in [0.25, 0.3) is 10.0 Å². The number of hydrogen-bond donors (Lipinski definition) is 1.